The Balaban J connectivity index is 2.61. The number of nitrogens with zero attached hydrogens (tertiary/aromatic N) is 1. The molecule has 1 aromatic heterocycles. The fourth-order valence-corrected chi connectivity index (χ4v) is 1.87. The first kappa shape index (κ1) is 16.0. The second kappa shape index (κ2) is 7.55. The number of hydrogen-bond donors (Lipinski definition) is 2. The van der Waals surface area contributed by atoms with Crippen LogP contribution < -0.4 is 11.1 Å². The van der Waals surface area contributed by atoms with E-state index in [4.69, 9.17) is 10.2 Å². The molecule has 1 rings (SSSR count). The third-order valence-corrected chi connectivity index (χ3v) is 3.71. The van der Waals surface area contributed by atoms with E-state index in [2.05, 4.69) is 24.1 Å². The van der Waals surface area contributed by atoms with Gasteiger partial charge in [0.2, 0.25) is 5.89 Å². The number of oxazole rings is 1. The summed E-state index contributed by atoms with van der Waals surface area (Å²) in [7, 11) is 0. The lowest BCUT2D eigenvalue weighted by Crippen LogP contribution is -2.36. The number of hydrogen-bond acceptors (Lipinski definition) is 5. The Labute approximate surface area is 118 Å². The van der Waals surface area contributed by atoms with Crippen LogP contribution in [0.3, 0.4) is 0 Å². The van der Waals surface area contributed by atoms with E-state index in [1.54, 1.807) is 11.8 Å². The second-order valence-corrected chi connectivity index (χ2v) is 5.95. The number of nitrogens with two attached hydrogens (primary N) is 1. The van der Waals surface area contributed by atoms with Gasteiger partial charge in [-0.15, -0.1) is 0 Å². The van der Waals surface area contributed by atoms with Gasteiger partial charge in [0.05, 0.1) is 6.04 Å². The number of rotatable bonds is 7. The van der Waals surface area contributed by atoms with E-state index in [9.17, 15) is 4.79 Å². The molecule has 19 heavy (non-hydrogen) atoms. The van der Waals surface area contributed by atoms with Crippen LogP contribution >= 0.6 is 11.8 Å². The Bertz CT molecular complexity index is 406. The molecule has 1 aromatic rings. The summed E-state index contributed by atoms with van der Waals surface area (Å²) in [6.07, 6.45) is 4.18. The van der Waals surface area contributed by atoms with Crippen LogP contribution in [0.15, 0.2) is 10.7 Å². The van der Waals surface area contributed by atoms with Crippen LogP contribution in [0.1, 0.15) is 49.6 Å². The molecule has 0 aliphatic rings. The van der Waals surface area contributed by atoms with E-state index in [0.717, 1.165) is 12.2 Å². The molecule has 0 aliphatic carbocycles. The highest BCUT2D eigenvalue weighted by molar-refractivity contribution is 7.98. The highest BCUT2D eigenvalue weighted by Crippen LogP contribution is 2.15. The lowest BCUT2D eigenvalue weighted by molar-refractivity contribution is 0.0925. The van der Waals surface area contributed by atoms with Crippen LogP contribution in [0.2, 0.25) is 0 Å². The lowest BCUT2D eigenvalue weighted by atomic mass is 10.1. The number of nitrogens with one attached hydrogen (secondary N) is 1. The van der Waals surface area contributed by atoms with E-state index in [1.165, 1.54) is 6.26 Å². The minimum atomic E-state index is -0.253. The smallest absolute Gasteiger partial charge is 0.273 e. The van der Waals surface area contributed by atoms with Gasteiger partial charge in [-0.3, -0.25) is 4.79 Å². The van der Waals surface area contributed by atoms with Gasteiger partial charge < -0.3 is 15.5 Å². The molecule has 0 spiro atoms. The molecule has 0 bridgehead atoms. The van der Waals surface area contributed by atoms with Gasteiger partial charge in [0.15, 0.2) is 5.69 Å². The molecule has 5 nitrogen and oxygen atoms in total. The Kier molecular flexibility index (Phi) is 6.37. The molecule has 0 saturated carbocycles. The molecule has 108 valence electrons. The van der Waals surface area contributed by atoms with Crippen LogP contribution in [0.5, 0.6) is 0 Å². The maximum atomic E-state index is 11.9. The van der Waals surface area contributed by atoms with E-state index in [-0.39, 0.29) is 18.0 Å². The van der Waals surface area contributed by atoms with E-state index in [1.807, 2.05) is 13.2 Å². The van der Waals surface area contributed by atoms with Crippen LogP contribution in [-0.2, 0) is 0 Å². The molecule has 0 saturated heterocycles. The van der Waals surface area contributed by atoms with E-state index in [0.29, 0.717) is 17.5 Å². The van der Waals surface area contributed by atoms with Crippen molar-refractivity contribution >= 4 is 17.7 Å². The molecular weight excluding hydrogens is 262 g/mol. The molecule has 1 heterocycles. The average molecular weight is 285 g/mol. The largest absolute Gasteiger partial charge is 0.446 e. The average Bonchev–Trinajstić information content (AvgIpc) is 2.85. The van der Waals surface area contributed by atoms with Crippen LogP contribution in [-0.4, -0.2) is 28.9 Å². The number of aromatic nitrogens is 1. The Morgan fingerprint density at radius 1 is 1.53 bits per heavy atom. The quantitative estimate of drug-likeness (QED) is 0.802. The zero-order valence-electron chi connectivity index (χ0n) is 12.0. The summed E-state index contributed by atoms with van der Waals surface area (Å²) in [5.74, 6) is 1.53. The fourth-order valence-electron chi connectivity index (χ4n) is 1.38. The van der Waals surface area contributed by atoms with Crippen molar-refractivity contribution in [1.82, 2.24) is 10.3 Å². The number of amides is 1. The van der Waals surface area contributed by atoms with Gasteiger partial charge in [0, 0.05) is 6.04 Å². The summed E-state index contributed by atoms with van der Waals surface area (Å²) in [6.45, 7) is 6.07. The van der Waals surface area contributed by atoms with E-state index >= 15 is 0 Å². The fraction of sp³-hybridized carbons (Fsp3) is 0.692. The van der Waals surface area contributed by atoms with Crippen LogP contribution in [0, 0.1) is 5.92 Å². The van der Waals surface area contributed by atoms with Crippen molar-refractivity contribution in [1.29, 1.82) is 0 Å². The first-order valence-electron chi connectivity index (χ1n) is 6.46. The van der Waals surface area contributed by atoms with Gasteiger partial charge in [-0.2, -0.15) is 11.8 Å². The zero-order valence-corrected chi connectivity index (χ0v) is 12.8. The highest BCUT2D eigenvalue weighted by Gasteiger charge is 2.18. The molecule has 2 atom stereocenters. The van der Waals surface area contributed by atoms with Crippen molar-refractivity contribution < 1.29 is 9.21 Å². The summed E-state index contributed by atoms with van der Waals surface area (Å²) in [5.41, 5.74) is 6.24. The summed E-state index contributed by atoms with van der Waals surface area (Å²) < 4.78 is 5.28. The molecule has 1 amide bonds. The third-order valence-electron chi connectivity index (χ3n) is 3.06. The van der Waals surface area contributed by atoms with Crippen LogP contribution in [0.25, 0.3) is 0 Å². The van der Waals surface area contributed by atoms with Gasteiger partial charge in [-0.1, -0.05) is 13.8 Å². The second-order valence-electron chi connectivity index (χ2n) is 4.97. The first-order valence-corrected chi connectivity index (χ1v) is 7.85. The van der Waals surface area contributed by atoms with Crippen molar-refractivity contribution in [3.63, 3.8) is 0 Å². The van der Waals surface area contributed by atoms with Gasteiger partial charge in [-0.05, 0) is 31.3 Å². The molecule has 6 heteroatoms. The van der Waals surface area contributed by atoms with Crippen molar-refractivity contribution in [2.45, 2.75) is 39.3 Å². The normalized spacial score (nSPS) is 14.4. The van der Waals surface area contributed by atoms with E-state index < -0.39 is 0 Å². The predicted octanol–water partition coefficient (Wildman–Crippen LogP) is 2.20. The molecule has 0 radical (unpaired) electrons. The van der Waals surface area contributed by atoms with Crippen molar-refractivity contribution in [2.24, 2.45) is 11.7 Å². The summed E-state index contributed by atoms with van der Waals surface area (Å²) in [5, 5.41) is 2.88. The molecule has 3 N–H and O–H groups in total. The van der Waals surface area contributed by atoms with Gasteiger partial charge >= 0.3 is 0 Å². The summed E-state index contributed by atoms with van der Waals surface area (Å²) in [6, 6.07) is -0.158. The maximum absolute atomic E-state index is 11.9. The molecular formula is C13H23N3O2S. The number of carbonyl (C=O) groups excluding carboxylic acids is 1. The summed E-state index contributed by atoms with van der Waals surface area (Å²) >= 11 is 1.72. The lowest BCUT2D eigenvalue weighted by Gasteiger charge is -2.16. The van der Waals surface area contributed by atoms with Crippen LogP contribution in [0.4, 0.5) is 0 Å². The SMILES string of the molecule is CSCCC(N)c1nc(C(=O)NC(C)C(C)C)co1. The van der Waals surface area contributed by atoms with Gasteiger partial charge in [0.25, 0.3) is 5.91 Å². The van der Waals surface area contributed by atoms with Gasteiger partial charge in [-0.25, -0.2) is 4.98 Å². The van der Waals surface area contributed by atoms with Crippen molar-refractivity contribution in [3.8, 4) is 0 Å². The van der Waals surface area contributed by atoms with Gasteiger partial charge in [0.1, 0.15) is 6.26 Å². The van der Waals surface area contributed by atoms with Crippen molar-refractivity contribution in [2.75, 3.05) is 12.0 Å². The minimum absolute atomic E-state index is 0.0952. The Morgan fingerprint density at radius 3 is 2.79 bits per heavy atom. The Hall–Kier alpha value is -1.01. The molecule has 0 aromatic carbocycles. The first-order chi connectivity index (χ1) is 8.95. The zero-order chi connectivity index (χ0) is 14.4. The monoisotopic (exact) mass is 285 g/mol. The van der Waals surface area contributed by atoms with Crippen molar-refractivity contribution in [3.05, 3.63) is 17.8 Å². The predicted molar refractivity (Wildman–Crippen MR) is 78.2 cm³/mol. The third kappa shape index (κ3) is 4.87. The summed E-state index contributed by atoms with van der Waals surface area (Å²) in [4.78, 5) is 16.1. The molecule has 0 fully saturated rings. The maximum Gasteiger partial charge on any atom is 0.273 e. The highest BCUT2D eigenvalue weighted by atomic mass is 32.2. The standard InChI is InChI=1S/C13H23N3O2S/c1-8(2)9(3)15-12(17)11-7-18-13(16-11)10(14)5-6-19-4/h7-10H,5-6,14H2,1-4H3,(H,15,17). The number of thioether (sulfide) groups is 1. The Morgan fingerprint density at radius 2 is 2.21 bits per heavy atom. The molecule has 0 aliphatic heterocycles. The molecule has 2 unspecified atom stereocenters. The minimum Gasteiger partial charge on any atom is -0.446 e. The number of carbonyl (C=O) groups is 1. The topological polar surface area (TPSA) is 81.1 Å².